The highest BCUT2D eigenvalue weighted by Gasteiger charge is 2.19. The van der Waals surface area contributed by atoms with Crippen LogP contribution >= 0.6 is 0 Å². The summed E-state index contributed by atoms with van der Waals surface area (Å²) >= 11 is 0. The first-order chi connectivity index (χ1) is 31.0. The summed E-state index contributed by atoms with van der Waals surface area (Å²) < 4.78 is 16.8. The van der Waals surface area contributed by atoms with Crippen molar-refractivity contribution in [3.8, 4) is 0 Å². The van der Waals surface area contributed by atoms with E-state index < -0.39 is 6.10 Å². The Balaban J connectivity index is 4.47. The van der Waals surface area contributed by atoms with Crippen LogP contribution in [0.25, 0.3) is 0 Å². The summed E-state index contributed by atoms with van der Waals surface area (Å²) in [5.74, 6) is -0.954. The van der Waals surface area contributed by atoms with E-state index in [0.717, 1.165) is 89.9 Å². The number of ether oxygens (including phenoxy) is 3. The molecule has 0 radical (unpaired) electrons. The fourth-order valence-corrected chi connectivity index (χ4v) is 7.19. The number of esters is 3. The standard InChI is InChI=1S/C57H98O6/c1-4-7-10-13-16-19-22-25-28-31-34-37-40-43-46-49-55(58)61-52-54(63-57(60)51-48-45-42-39-36-33-30-27-24-21-18-15-12-9-6-3)53-62-56(59)50-47-44-41-38-35-32-29-26-23-20-17-14-11-8-5-2/h9,12,18,21,25-30,36,39,54H,4-8,10-11,13-17,19-20,22-24,31-35,37-38,40-53H2,1-3H3/b12-9-,21-18-,28-25-,29-26-,30-27-,39-36-. The first kappa shape index (κ1) is 59.9. The Kier molecular flexibility index (Phi) is 48.9. The van der Waals surface area contributed by atoms with Gasteiger partial charge >= 0.3 is 17.9 Å². The third-order valence-electron chi connectivity index (χ3n) is 11.2. The average molecular weight is 879 g/mol. The molecule has 63 heavy (non-hydrogen) atoms. The molecule has 0 spiro atoms. The van der Waals surface area contributed by atoms with Gasteiger partial charge in [0.15, 0.2) is 6.10 Å². The largest absolute Gasteiger partial charge is 0.462 e. The molecule has 0 heterocycles. The fraction of sp³-hybridized carbons (Fsp3) is 0.737. The predicted octanol–water partition coefficient (Wildman–Crippen LogP) is 17.4. The molecule has 0 N–H and O–H groups in total. The van der Waals surface area contributed by atoms with Crippen LogP contribution in [0.1, 0.15) is 252 Å². The Morgan fingerprint density at radius 3 is 1.02 bits per heavy atom. The molecule has 0 amide bonds. The van der Waals surface area contributed by atoms with Crippen molar-refractivity contribution in [2.24, 2.45) is 0 Å². The van der Waals surface area contributed by atoms with Gasteiger partial charge in [-0.05, 0) is 109 Å². The van der Waals surface area contributed by atoms with E-state index in [0.29, 0.717) is 19.3 Å². The third kappa shape index (κ3) is 49.7. The van der Waals surface area contributed by atoms with Crippen molar-refractivity contribution in [1.29, 1.82) is 0 Å². The monoisotopic (exact) mass is 879 g/mol. The molecule has 0 rings (SSSR count). The summed E-state index contributed by atoms with van der Waals surface area (Å²) in [7, 11) is 0. The molecule has 0 atom stereocenters. The number of rotatable bonds is 47. The Bertz CT molecular complexity index is 1140. The van der Waals surface area contributed by atoms with Crippen molar-refractivity contribution < 1.29 is 28.6 Å². The van der Waals surface area contributed by atoms with Crippen molar-refractivity contribution in [3.63, 3.8) is 0 Å². The van der Waals surface area contributed by atoms with E-state index >= 15 is 0 Å². The Morgan fingerprint density at radius 2 is 0.619 bits per heavy atom. The van der Waals surface area contributed by atoms with Crippen molar-refractivity contribution in [2.75, 3.05) is 13.2 Å². The number of unbranched alkanes of at least 4 members (excludes halogenated alkanes) is 24. The lowest BCUT2D eigenvalue weighted by molar-refractivity contribution is -0.167. The third-order valence-corrected chi connectivity index (χ3v) is 11.2. The van der Waals surface area contributed by atoms with Crippen LogP contribution in [0.3, 0.4) is 0 Å². The van der Waals surface area contributed by atoms with Crippen molar-refractivity contribution in [1.82, 2.24) is 0 Å². The van der Waals surface area contributed by atoms with Gasteiger partial charge in [0.25, 0.3) is 0 Å². The summed E-state index contributed by atoms with van der Waals surface area (Å²) in [6.45, 7) is 6.47. The Morgan fingerprint density at radius 1 is 0.333 bits per heavy atom. The van der Waals surface area contributed by atoms with E-state index in [4.69, 9.17) is 14.2 Å². The molecular weight excluding hydrogens is 781 g/mol. The zero-order chi connectivity index (χ0) is 45.8. The molecule has 0 saturated carbocycles. The summed E-state index contributed by atoms with van der Waals surface area (Å²) in [5, 5.41) is 0. The highest BCUT2D eigenvalue weighted by molar-refractivity contribution is 5.71. The van der Waals surface area contributed by atoms with Gasteiger partial charge in [-0.15, -0.1) is 0 Å². The quantitative estimate of drug-likeness (QED) is 0.0262. The molecule has 0 bridgehead atoms. The Hall–Kier alpha value is -3.15. The van der Waals surface area contributed by atoms with Crippen LogP contribution < -0.4 is 0 Å². The minimum absolute atomic E-state index is 0.0989. The van der Waals surface area contributed by atoms with Crippen LogP contribution in [0.4, 0.5) is 0 Å². The molecule has 0 aromatic rings. The first-order valence-electron chi connectivity index (χ1n) is 26.4. The Labute approximate surface area is 389 Å². The lowest BCUT2D eigenvalue weighted by atomic mass is 10.1. The minimum Gasteiger partial charge on any atom is -0.462 e. The normalized spacial score (nSPS) is 12.2. The molecule has 0 unspecified atom stereocenters. The molecule has 0 aliphatic rings. The lowest BCUT2D eigenvalue weighted by Crippen LogP contribution is -2.30. The van der Waals surface area contributed by atoms with Crippen molar-refractivity contribution in [2.45, 2.75) is 258 Å². The first-order valence-corrected chi connectivity index (χ1v) is 26.4. The molecule has 6 heteroatoms. The van der Waals surface area contributed by atoms with Gasteiger partial charge in [0.05, 0.1) is 0 Å². The smallest absolute Gasteiger partial charge is 0.306 e. The van der Waals surface area contributed by atoms with Gasteiger partial charge in [-0.3, -0.25) is 14.4 Å². The number of carbonyl (C=O) groups excluding carboxylic acids is 3. The van der Waals surface area contributed by atoms with Gasteiger partial charge in [-0.25, -0.2) is 0 Å². The highest BCUT2D eigenvalue weighted by Crippen LogP contribution is 2.13. The molecule has 0 aliphatic heterocycles. The highest BCUT2D eigenvalue weighted by atomic mass is 16.6. The minimum atomic E-state index is -0.803. The van der Waals surface area contributed by atoms with Gasteiger partial charge in [-0.1, -0.05) is 196 Å². The van der Waals surface area contributed by atoms with Crippen molar-refractivity contribution in [3.05, 3.63) is 72.9 Å². The second kappa shape index (κ2) is 51.5. The van der Waals surface area contributed by atoms with Crippen LogP contribution in [-0.2, 0) is 28.6 Å². The summed E-state index contributed by atoms with van der Waals surface area (Å²) in [6.07, 6.45) is 64.6. The van der Waals surface area contributed by atoms with Crippen molar-refractivity contribution >= 4 is 17.9 Å². The maximum atomic E-state index is 12.8. The van der Waals surface area contributed by atoms with E-state index in [9.17, 15) is 14.4 Å². The van der Waals surface area contributed by atoms with Crippen LogP contribution in [-0.4, -0.2) is 37.2 Å². The molecule has 0 aromatic heterocycles. The zero-order valence-electron chi connectivity index (χ0n) is 41.3. The molecule has 362 valence electrons. The molecule has 0 aromatic carbocycles. The number of hydrogen-bond acceptors (Lipinski definition) is 6. The van der Waals surface area contributed by atoms with Crippen LogP contribution in [0.15, 0.2) is 72.9 Å². The van der Waals surface area contributed by atoms with Gasteiger partial charge in [0.2, 0.25) is 0 Å². The molecular formula is C57H98O6. The second-order valence-electron chi connectivity index (χ2n) is 17.4. The summed E-state index contributed by atoms with van der Waals surface area (Å²) in [5.41, 5.74) is 0. The van der Waals surface area contributed by atoms with E-state index in [1.54, 1.807) is 0 Å². The lowest BCUT2D eigenvalue weighted by Gasteiger charge is -2.18. The van der Waals surface area contributed by atoms with Crippen LogP contribution in [0.2, 0.25) is 0 Å². The second-order valence-corrected chi connectivity index (χ2v) is 17.4. The van der Waals surface area contributed by atoms with Crippen LogP contribution in [0.5, 0.6) is 0 Å². The number of carbonyl (C=O) groups is 3. The zero-order valence-corrected chi connectivity index (χ0v) is 41.3. The van der Waals surface area contributed by atoms with Gasteiger partial charge < -0.3 is 14.2 Å². The van der Waals surface area contributed by atoms with E-state index in [2.05, 4.69) is 93.7 Å². The predicted molar refractivity (Wildman–Crippen MR) is 270 cm³/mol. The van der Waals surface area contributed by atoms with Gasteiger partial charge in [-0.2, -0.15) is 0 Å². The topological polar surface area (TPSA) is 78.9 Å². The van der Waals surface area contributed by atoms with E-state index in [-0.39, 0.29) is 37.5 Å². The van der Waals surface area contributed by atoms with E-state index in [1.165, 1.54) is 116 Å². The van der Waals surface area contributed by atoms with Gasteiger partial charge in [0.1, 0.15) is 13.2 Å². The van der Waals surface area contributed by atoms with E-state index in [1.807, 2.05) is 0 Å². The summed E-state index contributed by atoms with van der Waals surface area (Å²) in [6, 6.07) is 0. The number of allylic oxidation sites excluding steroid dienone is 12. The maximum Gasteiger partial charge on any atom is 0.306 e. The molecule has 0 aliphatic carbocycles. The fourth-order valence-electron chi connectivity index (χ4n) is 7.19. The maximum absolute atomic E-state index is 12.8. The number of hydrogen-bond donors (Lipinski definition) is 0. The molecule has 0 saturated heterocycles. The van der Waals surface area contributed by atoms with Crippen LogP contribution in [0, 0.1) is 0 Å². The molecule has 0 fully saturated rings. The van der Waals surface area contributed by atoms with Gasteiger partial charge in [0, 0.05) is 19.3 Å². The molecule has 6 nitrogen and oxygen atoms in total. The summed E-state index contributed by atoms with van der Waals surface area (Å²) in [4.78, 5) is 38.0. The SMILES string of the molecule is CC/C=C\C/C=C\C/C=C\C/C=C\CCCCC(=O)OC(COC(=O)CCCCCCC/C=C\CCCCCCCC)COC(=O)CCCCCCC/C=C\CCCCCCCC. The average Bonchev–Trinajstić information content (AvgIpc) is 3.28.